The minimum Gasteiger partial charge on any atom is -0.493 e. The quantitative estimate of drug-likeness (QED) is 0.808. The molecule has 0 unspecified atom stereocenters. The maximum Gasteiger partial charge on any atom is 0.294 e. The molecule has 0 aliphatic carbocycles. The first-order valence-corrected chi connectivity index (χ1v) is 7.33. The third-order valence-electron chi connectivity index (χ3n) is 2.54. The summed E-state index contributed by atoms with van der Waals surface area (Å²) >= 11 is 0. The number of halogens is 1. The highest BCUT2D eigenvalue weighted by atomic mass is 35.7. The van der Waals surface area contributed by atoms with Crippen LogP contribution in [-0.4, -0.2) is 15.5 Å². The first-order chi connectivity index (χ1) is 7.99. The Morgan fingerprint density at radius 3 is 2.65 bits per heavy atom. The molecule has 17 heavy (non-hydrogen) atoms. The van der Waals surface area contributed by atoms with E-state index in [1.165, 1.54) is 7.11 Å². The molecule has 0 spiro atoms. The molecular formula is C11H11ClO4S. The van der Waals surface area contributed by atoms with Gasteiger partial charge in [-0.1, -0.05) is 19.1 Å². The van der Waals surface area contributed by atoms with Gasteiger partial charge >= 0.3 is 0 Å². The van der Waals surface area contributed by atoms with Gasteiger partial charge in [-0.15, -0.1) is 0 Å². The van der Waals surface area contributed by atoms with E-state index in [2.05, 4.69) is 0 Å². The van der Waals surface area contributed by atoms with Crippen LogP contribution in [0.1, 0.15) is 12.5 Å². The molecule has 0 atom stereocenters. The number of benzene rings is 1. The highest BCUT2D eigenvalue weighted by molar-refractivity contribution is 8.13. The Bertz CT molecular complexity index is 657. The first-order valence-electron chi connectivity index (χ1n) is 5.02. The van der Waals surface area contributed by atoms with Crippen molar-refractivity contribution in [3.05, 3.63) is 23.8 Å². The molecule has 92 valence electrons. The van der Waals surface area contributed by atoms with Crippen molar-refractivity contribution in [1.29, 1.82) is 0 Å². The van der Waals surface area contributed by atoms with Crippen LogP contribution in [0.3, 0.4) is 0 Å². The topological polar surface area (TPSA) is 56.5 Å². The van der Waals surface area contributed by atoms with Crippen molar-refractivity contribution in [2.45, 2.75) is 18.4 Å². The SMILES string of the molecule is CCc1c(S(=O)(=O)Cl)oc2c(OC)cccc12. The fraction of sp³-hybridized carbons (Fsp3) is 0.273. The van der Waals surface area contributed by atoms with E-state index < -0.39 is 9.05 Å². The standard InChI is InChI=1S/C11H11ClO4S/c1-3-7-8-5-4-6-9(15-2)10(8)16-11(7)17(12,13)14/h4-6H,3H2,1-2H3. The highest BCUT2D eigenvalue weighted by Crippen LogP contribution is 2.36. The molecule has 0 bridgehead atoms. The van der Waals surface area contributed by atoms with Crippen LogP contribution in [0.25, 0.3) is 11.0 Å². The van der Waals surface area contributed by atoms with Crippen LogP contribution in [0.4, 0.5) is 0 Å². The second-order valence-corrected chi connectivity index (χ2v) is 5.96. The van der Waals surface area contributed by atoms with E-state index in [0.29, 0.717) is 28.7 Å². The summed E-state index contributed by atoms with van der Waals surface area (Å²) in [7, 11) is 2.96. The molecule has 0 aliphatic heterocycles. The summed E-state index contributed by atoms with van der Waals surface area (Å²) in [6, 6.07) is 5.27. The predicted molar refractivity (Wildman–Crippen MR) is 65.2 cm³/mol. The number of para-hydroxylation sites is 1. The van der Waals surface area contributed by atoms with Gasteiger partial charge in [-0.05, 0) is 12.5 Å². The molecule has 0 saturated carbocycles. The van der Waals surface area contributed by atoms with Gasteiger partial charge in [-0.25, -0.2) is 8.42 Å². The monoisotopic (exact) mass is 274 g/mol. The van der Waals surface area contributed by atoms with Gasteiger partial charge in [0, 0.05) is 21.6 Å². The highest BCUT2D eigenvalue weighted by Gasteiger charge is 2.24. The average molecular weight is 275 g/mol. The fourth-order valence-corrected chi connectivity index (χ4v) is 2.92. The molecular weight excluding hydrogens is 264 g/mol. The minimum atomic E-state index is -3.88. The number of fused-ring (bicyclic) bond motifs is 1. The van der Waals surface area contributed by atoms with Gasteiger partial charge < -0.3 is 9.15 Å². The van der Waals surface area contributed by atoms with Crippen molar-refractivity contribution in [2.24, 2.45) is 0 Å². The number of hydrogen-bond acceptors (Lipinski definition) is 4. The summed E-state index contributed by atoms with van der Waals surface area (Å²) < 4.78 is 33.3. The molecule has 0 N–H and O–H groups in total. The van der Waals surface area contributed by atoms with Gasteiger partial charge in [0.25, 0.3) is 9.05 Å². The molecule has 4 nitrogen and oxygen atoms in total. The van der Waals surface area contributed by atoms with Crippen LogP contribution in [0.5, 0.6) is 5.75 Å². The maximum absolute atomic E-state index is 11.4. The number of methoxy groups -OCH3 is 1. The van der Waals surface area contributed by atoms with Crippen LogP contribution in [-0.2, 0) is 15.5 Å². The largest absolute Gasteiger partial charge is 0.493 e. The van der Waals surface area contributed by atoms with E-state index >= 15 is 0 Å². The van der Waals surface area contributed by atoms with Gasteiger partial charge in [0.05, 0.1) is 7.11 Å². The molecule has 0 fully saturated rings. The van der Waals surface area contributed by atoms with Gasteiger partial charge in [-0.2, -0.15) is 0 Å². The van der Waals surface area contributed by atoms with Crippen LogP contribution in [0, 0.1) is 0 Å². The van der Waals surface area contributed by atoms with Crippen molar-refractivity contribution in [3.63, 3.8) is 0 Å². The number of furan rings is 1. The molecule has 2 aromatic rings. The van der Waals surface area contributed by atoms with Gasteiger partial charge in [0.2, 0.25) is 5.09 Å². The lowest BCUT2D eigenvalue weighted by molar-refractivity contribution is 0.401. The first kappa shape index (κ1) is 12.3. The van der Waals surface area contributed by atoms with Crippen LogP contribution in [0.15, 0.2) is 27.7 Å². The molecule has 0 aliphatic rings. The Labute approximate surface area is 104 Å². The maximum atomic E-state index is 11.4. The molecule has 1 aromatic carbocycles. The van der Waals surface area contributed by atoms with Crippen molar-refractivity contribution in [2.75, 3.05) is 7.11 Å². The molecule has 2 rings (SSSR count). The third kappa shape index (κ3) is 2.00. The van der Waals surface area contributed by atoms with Gasteiger partial charge in [0.15, 0.2) is 11.3 Å². The van der Waals surface area contributed by atoms with Crippen molar-refractivity contribution >= 4 is 30.7 Å². The Morgan fingerprint density at radius 2 is 2.12 bits per heavy atom. The van der Waals surface area contributed by atoms with E-state index in [4.69, 9.17) is 19.8 Å². The number of hydrogen-bond donors (Lipinski definition) is 0. The third-order valence-corrected chi connectivity index (χ3v) is 3.73. The fourth-order valence-electron chi connectivity index (χ4n) is 1.82. The molecule has 1 aromatic heterocycles. The smallest absolute Gasteiger partial charge is 0.294 e. The Morgan fingerprint density at radius 1 is 1.41 bits per heavy atom. The zero-order chi connectivity index (χ0) is 12.6. The van der Waals surface area contributed by atoms with Gasteiger partial charge in [-0.3, -0.25) is 0 Å². The number of rotatable bonds is 3. The predicted octanol–water partition coefficient (Wildman–Crippen LogP) is 2.93. The summed E-state index contributed by atoms with van der Waals surface area (Å²) in [5.41, 5.74) is 0.986. The minimum absolute atomic E-state index is 0.193. The molecule has 6 heteroatoms. The summed E-state index contributed by atoms with van der Waals surface area (Å²) in [5, 5.41) is 0.521. The molecule has 0 radical (unpaired) electrons. The Kier molecular flexibility index (Phi) is 3.05. The van der Waals surface area contributed by atoms with E-state index in [1.807, 2.05) is 6.92 Å². The van der Waals surface area contributed by atoms with E-state index in [0.717, 1.165) is 0 Å². The van der Waals surface area contributed by atoms with Crippen molar-refractivity contribution in [1.82, 2.24) is 0 Å². The van der Waals surface area contributed by atoms with Crippen LogP contribution in [0.2, 0.25) is 0 Å². The lowest BCUT2D eigenvalue weighted by Gasteiger charge is -1.98. The van der Waals surface area contributed by atoms with Crippen LogP contribution < -0.4 is 4.74 Å². The summed E-state index contributed by atoms with van der Waals surface area (Å²) in [6.45, 7) is 1.84. The van der Waals surface area contributed by atoms with E-state index in [9.17, 15) is 8.42 Å². The lowest BCUT2D eigenvalue weighted by Crippen LogP contribution is -1.92. The van der Waals surface area contributed by atoms with Crippen molar-refractivity contribution < 1.29 is 17.6 Å². The average Bonchev–Trinajstić information content (AvgIpc) is 2.66. The molecule has 1 heterocycles. The zero-order valence-electron chi connectivity index (χ0n) is 9.36. The molecule has 0 amide bonds. The summed E-state index contributed by atoms with van der Waals surface area (Å²) in [6.07, 6.45) is 0.515. The lowest BCUT2D eigenvalue weighted by atomic mass is 10.1. The second kappa shape index (κ2) is 4.23. The molecule has 0 saturated heterocycles. The number of aryl methyl sites for hydroxylation is 1. The van der Waals surface area contributed by atoms with Crippen molar-refractivity contribution in [3.8, 4) is 5.75 Å². The van der Waals surface area contributed by atoms with E-state index in [-0.39, 0.29) is 5.09 Å². The van der Waals surface area contributed by atoms with E-state index in [1.54, 1.807) is 18.2 Å². The summed E-state index contributed by atoms with van der Waals surface area (Å²) in [4.78, 5) is 0. The Balaban J connectivity index is 2.89. The van der Waals surface area contributed by atoms with Crippen LogP contribution >= 0.6 is 10.7 Å². The Hall–Kier alpha value is -1.20. The second-order valence-electron chi connectivity index (χ2n) is 3.50. The zero-order valence-corrected chi connectivity index (χ0v) is 10.9. The summed E-state index contributed by atoms with van der Waals surface area (Å²) in [5.74, 6) is 0.490. The normalized spacial score (nSPS) is 11.9. The van der Waals surface area contributed by atoms with Gasteiger partial charge in [0.1, 0.15) is 0 Å². The number of ether oxygens (including phenoxy) is 1.